The van der Waals surface area contributed by atoms with Crippen LogP contribution in [0.4, 0.5) is 0 Å². The van der Waals surface area contributed by atoms with Crippen LogP contribution >= 0.6 is 0 Å². The van der Waals surface area contributed by atoms with Crippen molar-refractivity contribution < 1.29 is 14.0 Å². The van der Waals surface area contributed by atoms with E-state index < -0.39 is 0 Å². The maximum Gasteiger partial charge on any atom is 0.225 e. The lowest BCUT2D eigenvalue weighted by molar-refractivity contribution is -0.139. The quantitative estimate of drug-likeness (QED) is 0.860. The zero-order valence-corrected chi connectivity index (χ0v) is 16.2. The summed E-state index contributed by atoms with van der Waals surface area (Å²) in [6.07, 6.45) is 6.62. The maximum absolute atomic E-state index is 13.1. The molecule has 28 heavy (non-hydrogen) atoms. The average molecular weight is 380 g/mol. The van der Waals surface area contributed by atoms with Crippen molar-refractivity contribution in [2.75, 3.05) is 13.1 Å². The Morgan fingerprint density at radius 1 is 1.00 bits per heavy atom. The lowest BCUT2D eigenvalue weighted by atomic mass is 9.83. The molecule has 1 N–H and O–H groups in total. The molecule has 1 aromatic heterocycles. The first kappa shape index (κ1) is 18.8. The van der Waals surface area contributed by atoms with Crippen molar-refractivity contribution in [2.45, 2.75) is 44.6 Å². The number of nitrogens with one attached hydrogen (secondary N) is 1. The van der Waals surface area contributed by atoms with E-state index in [1.807, 2.05) is 35.2 Å². The summed E-state index contributed by atoms with van der Waals surface area (Å²) in [6.45, 7) is 1.61. The fourth-order valence-corrected chi connectivity index (χ4v) is 4.60. The number of amides is 2. The Morgan fingerprint density at radius 3 is 2.50 bits per heavy atom. The summed E-state index contributed by atoms with van der Waals surface area (Å²) in [7, 11) is 0. The number of nitrogens with zero attached hydrogens (tertiary/aromatic N) is 1. The van der Waals surface area contributed by atoms with Crippen LogP contribution in [-0.4, -0.2) is 29.8 Å². The van der Waals surface area contributed by atoms with E-state index in [1.54, 1.807) is 6.26 Å². The highest BCUT2D eigenvalue weighted by Crippen LogP contribution is 2.34. The van der Waals surface area contributed by atoms with Gasteiger partial charge in [0.15, 0.2) is 0 Å². The van der Waals surface area contributed by atoms with E-state index in [-0.39, 0.29) is 29.6 Å². The van der Waals surface area contributed by atoms with Crippen LogP contribution in [0.15, 0.2) is 53.1 Å². The van der Waals surface area contributed by atoms with Crippen LogP contribution in [-0.2, 0) is 16.1 Å². The Labute approximate surface area is 166 Å². The lowest BCUT2D eigenvalue weighted by Crippen LogP contribution is -2.49. The van der Waals surface area contributed by atoms with Gasteiger partial charge in [0.25, 0.3) is 0 Å². The number of piperidine rings is 1. The molecule has 2 amide bonds. The molecule has 0 radical (unpaired) electrons. The predicted octanol–water partition coefficient (Wildman–Crippen LogP) is 3.72. The highest BCUT2D eigenvalue weighted by Gasteiger charge is 2.37. The zero-order chi connectivity index (χ0) is 19.3. The molecule has 4 rings (SSSR count). The van der Waals surface area contributed by atoms with Crippen molar-refractivity contribution >= 4 is 11.8 Å². The Morgan fingerprint density at radius 2 is 1.79 bits per heavy atom. The summed E-state index contributed by atoms with van der Waals surface area (Å²) in [5.74, 6) is 1.12. The van der Waals surface area contributed by atoms with Crippen molar-refractivity contribution in [1.82, 2.24) is 10.2 Å². The van der Waals surface area contributed by atoms with Crippen molar-refractivity contribution in [2.24, 2.45) is 11.8 Å². The zero-order valence-electron chi connectivity index (χ0n) is 16.2. The fraction of sp³-hybridized carbons (Fsp3) is 0.478. The Bertz CT molecular complexity index is 781. The molecule has 148 valence electrons. The third kappa shape index (κ3) is 4.29. The van der Waals surface area contributed by atoms with E-state index in [0.717, 1.165) is 37.9 Å². The molecule has 0 unspecified atom stereocenters. The fourth-order valence-electron chi connectivity index (χ4n) is 4.60. The van der Waals surface area contributed by atoms with Gasteiger partial charge in [-0.1, -0.05) is 43.2 Å². The Hall–Kier alpha value is -2.56. The van der Waals surface area contributed by atoms with E-state index >= 15 is 0 Å². The maximum atomic E-state index is 13.1. The van der Waals surface area contributed by atoms with Gasteiger partial charge in [-0.15, -0.1) is 0 Å². The monoisotopic (exact) mass is 380 g/mol. The molecule has 1 saturated heterocycles. The number of carbonyl (C=O) groups is 2. The molecule has 1 aromatic carbocycles. The molecule has 1 aliphatic heterocycles. The second-order valence-electron chi connectivity index (χ2n) is 8.06. The molecule has 0 bridgehead atoms. The van der Waals surface area contributed by atoms with Gasteiger partial charge in [0, 0.05) is 24.9 Å². The number of furan rings is 1. The summed E-state index contributed by atoms with van der Waals surface area (Å²) in [6, 6.07) is 13.9. The summed E-state index contributed by atoms with van der Waals surface area (Å²) in [4.78, 5) is 27.9. The molecular weight excluding hydrogens is 352 g/mol. The molecule has 5 heteroatoms. The van der Waals surface area contributed by atoms with E-state index in [0.29, 0.717) is 19.6 Å². The van der Waals surface area contributed by atoms with Crippen molar-refractivity contribution in [3.63, 3.8) is 0 Å². The highest BCUT2D eigenvalue weighted by atomic mass is 16.3. The number of likely N-dealkylation sites (tertiary alicyclic amines) is 1. The molecule has 2 fully saturated rings. The minimum Gasteiger partial charge on any atom is -0.467 e. The van der Waals surface area contributed by atoms with Crippen LogP contribution in [0.25, 0.3) is 0 Å². The standard InChI is InChI=1S/C23H28N2O3/c26-22(24-14-21-11-6-12-28-21)20-13-19(17-7-2-1-3-8-17)15-25(16-20)23(27)18-9-4-5-10-18/h1-3,6-8,11-12,18-20H,4-5,9-10,13-16H2,(H,24,26)/t19-,20-/m0/s1. The van der Waals surface area contributed by atoms with Crippen LogP contribution in [0.1, 0.15) is 49.3 Å². The topological polar surface area (TPSA) is 62.6 Å². The lowest BCUT2D eigenvalue weighted by Gasteiger charge is -2.38. The average Bonchev–Trinajstić information content (AvgIpc) is 3.46. The van der Waals surface area contributed by atoms with E-state index in [9.17, 15) is 9.59 Å². The molecule has 5 nitrogen and oxygen atoms in total. The molecule has 2 atom stereocenters. The summed E-state index contributed by atoms with van der Waals surface area (Å²) in [5.41, 5.74) is 1.20. The largest absolute Gasteiger partial charge is 0.467 e. The van der Waals surface area contributed by atoms with Gasteiger partial charge in [-0.05, 0) is 37.0 Å². The normalized spacial score (nSPS) is 22.9. The highest BCUT2D eigenvalue weighted by molar-refractivity contribution is 5.82. The number of carbonyl (C=O) groups excluding carboxylic acids is 2. The third-order valence-electron chi connectivity index (χ3n) is 6.13. The second-order valence-corrected chi connectivity index (χ2v) is 8.06. The first-order chi connectivity index (χ1) is 13.7. The third-order valence-corrected chi connectivity index (χ3v) is 6.13. The summed E-state index contributed by atoms with van der Waals surface area (Å²) < 4.78 is 5.31. The first-order valence-corrected chi connectivity index (χ1v) is 10.3. The van der Waals surface area contributed by atoms with Gasteiger partial charge in [0.05, 0.1) is 18.7 Å². The second kappa shape index (κ2) is 8.63. The molecule has 2 aliphatic rings. The van der Waals surface area contributed by atoms with Crippen LogP contribution in [0.2, 0.25) is 0 Å². The molecule has 2 heterocycles. The van der Waals surface area contributed by atoms with Crippen molar-refractivity contribution in [3.05, 3.63) is 60.1 Å². The van der Waals surface area contributed by atoms with Gasteiger partial charge in [-0.25, -0.2) is 0 Å². The van der Waals surface area contributed by atoms with Crippen LogP contribution < -0.4 is 5.32 Å². The van der Waals surface area contributed by atoms with Gasteiger partial charge in [0.2, 0.25) is 11.8 Å². The van der Waals surface area contributed by atoms with Gasteiger partial charge in [0.1, 0.15) is 5.76 Å². The SMILES string of the molecule is O=C(NCc1ccco1)[C@H]1C[C@H](c2ccccc2)CN(C(=O)C2CCCC2)C1. The number of benzene rings is 1. The molecule has 2 aromatic rings. The van der Waals surface area contributed by atoms with Gasteiger partial charge < -0.3 is 14.6 Å². The van der Waals surface area contributed by atoms with Crippen molar-refractivity contribution in [1.29, 1.82) is 0 Å². The minimum atomic E-state index is -0.195. The van der Waals surface area contributed by atoms with Gasteiger partial charge in [-0.3, -0.25) is 9.59 Å². The van der Waals surface area contributed by atoms with Crippen LogP contribution in [0.5, 0.6) is 0 Å². The van der Waals surface area contributed by atoms with E-state index in [1.165, 1.54) is 5.56 Å². The van der Waals surface area contributed by atoms with Gasteiger partial charge in [-0.2, -0.15) is 0 Å². The van der Waals surface area contributed by atoms with Crippen LogP contribution in [0, 0.1) is 11.8 Å². The Kier molecular flexibility index (Phi) is 5.79. The minimum absolute atomic E-state index is 0.00116. The summed E-state index contributed by atoms with van der Waals surface area (Å²) >= 11 is 0. The number of hydrogen-bond donors (Lipinski definition) is 1. The predicted molar refractivity (Wildman–Crippen MR) is 106 cm³/mol. The summed E-state index contributed by atoms with van der Waals surface area (Å²) in [5, 5.41) is 2.99. The van der Waals surface area contributed by atoms with E-state index in [4.69, 9.17) is 4.42 Å². The smallest absolute Gasteiger partial charge is 0.225 e. The first-order valence-electron chi connectivity index (χ1n) is 10.3. The number of rotatable bonds is 5. The molecular formula is C23H28N2O3. The Balaban J connectivity index is 1.47. The number of hydrogen-bond acceptors (Lipinski definition) is 3. The van der Waals surface area contributed by atoms with Crippen LogP contribution in [0.3, 0.4) is 0 Å². The molecule has 1 aliphatic carbocycles. The van der Waals surface area contributed by atoms with E-state index in [2.05, 4.69) is 17.4 Å². The molecule has 1 saturated carbocycles. The molecule has 0 spiro atoms. The van der Waals surface area contributed by atoms with Crippen molar-refractivity contribution in [3.8, 4) is 0 Å². The van der Waals surface area contributed by atoms with Gasteiger partial charge >= 0.3 is 0 Å².